The number of amides is 2. The van der Waals surface area contributed by atoms with Crippen LogP contribution in [0, 0.1) is 0 Å². The first-order chi connectivity index (χ1) is 9.49. The molecule has 0 bridgehead atoms. The first-order valence-electron chi connectivity index (χ1n) is 5.97. The van der Waals surface area contributed by atoms with Crippen LogP contribution in [0.5, 0.6) is 0 Å². The Bertz CT molecular complexity index is 441. The molecule has 0 aliphatic heterocycles. The Hall–Kier alpha value is -2.02. The molecular formula is C13H16F2N2O3. The van der Waals surface area contributed by atoms with Gasteiger partial charge in [0.25, 0.3) is 0 Å². The maximum Gasteiger partial charge on any atom is 0.345 e. The summed E-state index contributed by atoms with van der Waals surface area (Å²) in [5.41, 5.74) is 0.859. The van der Waals surface area contributed by atoms with Crippen LogP contribution in [0.15, 0.2) is 30.3 Å². The monoisotopic (exact) mass is 286 g/mol. The van der Waals surface area contributed by atoms with Gasteiger partial charge in [0.2, 0.25) is 11.8 Å². The number of carbonyl (C=O) groups is 2. The summed E-state index contributed by atoms with van der Waals surface area (Å²) < 4.78 is 28.0. The fourth-order valence-corrected chi connectivity index (χ4v) is 1.51. The van der Waals surface area contributed by atoms with Crippen molar-refractivity contribution in [3.05, 3.63) is 35.9 Å². The molecule has 110 valence electrons. The predicted octanol–water partition coefficient (Wildman–Crippen LogP) is 1.05. The predicted molar refractivity (Wildman–Crippen MR) is 67.8 cm³/mol. The molecule has 2 N–H and O–H groups in total. The average Bonchev–Trinajstić information content (AvgIpc) is 2.41. The number of hydrogen-bond donors (Lipinski definition) is 2. The summed E-state index contributed by atoms with van der Waals surface area (Å²) >= 11 is 0. The molecule has 5 nitrogen and oxygen atoms in total. The first kappa shape index (κ1) is 16.0. The third-order valence-electron chi connectivity index (χ3n) is 2.39. The molecule has 1 rings (SSSR count). The highest BCUT2D eigenvalue weighted by Gasteiger charge is 2.21. The molecule has 1 aromatic carbocycles. The van der Waals surface area contributed by atoms with Gasteiger partial charge in [0.15, 0.2) is 0 Å². The zero-order valence-corrected chi connectivity index (χ0v) is 10.9. The lowest BCUT2D eigenvalue weighted by Gasteiger charge is -2.17. The van der Waals surface area contributed by atoms with Crippen LogP contribution in [0.25, 0.3) is 0 Å². The number of hydrogen-bond acceptors (Lipinski definition) is 3. The van der Waals surface area contributed by atoms with Gasteiger partial charge in [-0.1, -0.05) is 30.3 Å². The van der Waals surface area contributed by atoms with E-state index in [0.717, 1.165) is 5.56 Å². The maximum atomic E-state index is 12.0. The zero-order valence-electron chi connectivity index (χ0n) is 10.9. The molecule has 1 aromatic rings. The number of ether oxygens (including phenoxy) is 1. The normalized spacial score (nSPS) is 12.0. The van der Waals surface area contributed by atoms with Crippen molar-refractivity contribution in [2.75, 3.05) is 6.61 Å². The van der Waals surface area contributed by atoms with Crippen molar-refractivity contribution in [2.45, 2.75) is 26.1 Å². The van der Waals surface area contributed by atoms with Gasteiger partial charge >= 0.3 is 6.61 Å². The Kier molecular flexibility index (Phi) is 6.58. The highest BCUT2D eigenvalue weighted by Crippen LogP contribution is 2.00. The number of halogens is 2. The van der Waals surface area contributed by atoms with Crippen LogP contribution in [0.1, 0.15) is 12.5 Å². The minimum atomic E-state index is -2.99. The standard InChI is InChI=1S/C13H16F2N2O3/c1-9(18)17-11(8-20-13(14)15)12(19)16-7-10-5-3-2-4-6-10/h2-6,11,13H,7-8H2,1H3,(H,16,19)(H,17,18). The van der Waals surface area contributed by atoms with Crippen molar-refractivity contribution in [3.8, 4) is 0 Å². The fourth-order valence-electron chi connectivity index (χ4n) is 1.51. The minimum Gasteiger partial charge on any atom is -0.350 e. The van der Waals surface area contributed by atoms with E-state index in [-0.39, 0.29) is 6.54 Å². The van der Waals surface area contributed by atoms with Gasteiger partial charge in [0, 0.05) is 13.5 Å². The fraction of sp³-hybridized carbons (Fsp3) is 0.385. The van der Waals surface area contributed by atoms with E-state index in [4.69, 9.17) is 0 Å². The summed E-state index contributed by atoms with van der Waals surface area (Å²) in [6, 6.07) is 7.93. The molecule has 0 aliphatic rings. The SMILES string of the molecule is CC(=O)NC(COC(F)F)C(=O)NCc1ccccc1. The van der Waals surface area contributed by atoms with E-state index in [0.29, 0.717) is 0 Å². The molecule has 0 saturated carbocycles. The number of alkyl halides is 2. The Morgan fingerprint density at radius 1 is 1.25 bits per heavy atom. The quantitative estimate of drug-likeness (QED) is 0.787. The van der Waals surface area contributed by atoms with Crippen LogP contribution in [-0.2, 0) is 20.9 Å². The lowest BCUT2D eigenvalue weighted by molar-refractivity contribution is -0.146. The smallest absolute Gasteiger partial charge is 0.345 e. The van der Waals surface area contributed by atoms with E-state index >= 15 is 0 Å². The Morgan fingerprint density at radius 3 is 2.45 bits per heavy atom. The summed E-state index contributed by atoms with van der Waals surface area (Å²) in [7, 11) is 0. The second-order valence-electron chi connectivity index (χ2n) is 4.05. The largest absolute Gasteiger partial charge is 0.350 e. The van der Waals surface area contributed by atoms with Crippen LogP contribution < -0.4 is 10.6 Å². The van der Waals surface area contributed by atoms with Gasteiger partial charge in [0.05, 0.1) is 6.61 Å². The van der Waals surface area contributed by atoms with Crippen molar-refractivity contribution < 1.29 is 23.1 Å². The van der Waals surface area contributed by atoms with Gasteiger partial charge in [-0.15, -0.1) is 0 Å². The topological polar surface area (TPSA) is 67.4 Å². The third kappa shape index (κ3) is 6.24. The molecule has 7 heteroatoms. The van der Waals surface area contributed by atoms with E-state index in [1.807, 2.05) is 30.3 Å². The van der Waals surface area contributed by atoms with Crippen LogP contribution >= 0.6 is 0 Å². The molecule has 0 radical (unpaired) electrons. The van der Waals surface area contributed by atoms with Crippen molar-refractivity contribution in [1.82, 2.24) is 10.6 Å². The van der Waals surface area contributed by atoms with E-state index in [1.54, 1.807) is 0 Å². The van der Waals surface area contributed by atoms with Crippen LogP contribution in [-0.4, -0.2) is 31.1 Å². The number of benzene rings is 1. The minimum absolute atomic E-state index is 0.241. The Labute approximate surface area is 115 Å². The Balaban J connectivity index is 2.51. The molecule has 2 amide bonds. The Morgan fingerprint density at radius 2 is 1.90 bits per heavy atom. The summed E-state index contributed by atoms with van der Waals surface area (Å²) in [6.07, 6.45) is 0. The molecular weight excluding hydrogens is 270 g/mol. The van der Waals surface area contributed by atoms with E-state index in [1.165, 1.54) is 6.92 Å². The number of nitrogens with one attached hydrogen (secondary N) is 2. The summed E-state index contributed by atoms with van der Waals surface area (Å²) in [5, 5.41) is 4.81. The molecule has 0 aliphatic carbocycles. The molecule has 0 spiro atoms. The molecule has 0 heterocycles. The van der Waals surface area contributed by atoms with E-state index < -0.39 is 31.1 Å². The number of carbonyl (C=O) groups excluding carboxylic acids is 2. The molecule has 0 fully saturated rings. The first-order valence-corrected chi connectivity index (χ1v) is 5.97. The third-order valence-corrected chi connectivity index (χ3v) is 2.39. The second kappa shape index (κ2) is 8.21. The molecule has 20 heavy (non-hydrogen) atoms. The highest BCUT2D eigenvalue weighted by molar-refractivity contribution is 5.86. The van der Waals surface area contributed by atoms with E-state index in [2.05, 4.69) is 15.4 Å². The average molecular weight is 286 g/mol. The lowest BCUT2D eigenvalue weighted by atomic mass is 10.2. The lowest BCUT2D eigenvalue weighted by Crippen LogP contribution is -2.48. The van der Waals surface area contributed by atoms with Gasteiger partial charge < -0.3 is 15.4 Å². The van der Waals surface area contributed by atoms with Crippen LogP contribution in [0.4, 0.5) is 8.78 Å². The molecule has 1 unspecified atom stereocenters. The van der Waals surface area contributed by atoms with E-state index in [9.17, 15) is 18.4 Å². The van der Waals surface area contributed by atoms with Crippen LogP contribution in [0.2, 0.25) is 0 Å². The van der Waals surface area contributed by atoms with Gasteiger partial charge in [-0.25, -0.2) is 0 Å². The van der Waals surface area contributed by atoms with Gasteiger partial charge in [-0.05, 0) is 5.56 Å². The molecule has 0 aromatic heterocycles. The van der Waals surface area contributed by atoms with Crippen molar-refractivity contribution >= 4 is 11.8 Å². The zero-order chi connectivity index (χ0) is 15.0. The van der Waals surface area contributed by atoms with Crippen molar-refractivity contribution in [1.29, 1.82) is 0 Å². The summed E-state index contributed by atoms with van der Waals surface area (Å²) in [6.45, 7) is -2.14. The molecule has 0 saturated heterocycles. The van der Waals surface area contributed by atoms with Gasteiger partial charge in [0.1, 0.15) is 6.04 Å². The summed E-state index contributed by atoms with van der Waals surface area (Å²) in [5.74, 6) is -1.08. The highest BCUT2D eigenvalue weighted by atomic mass is 19.3. The summed E-state index contributed by atoms with van der Waals surface area (Å²) in [4.78, 5) is 22.8. The maximum absolute atomic E-state index is 12.0. The number of rotatable bonds is 7. The van der Waals surface area contributed by atoms with Crippen molar-refractivity contribution in [2.24, 2.45) is 0 Å². The van der Waals surface area contributed by atoms with Gasteiger partial charge in [-0.2, -0.15) is 8.78 Å². The van der Waals surface area contributed by atoms with Crippen LogP contribution in [0.3, 0.4) is 0 Å². The molecule has 1 atom stereocenters. The second-order valence-corrected chi connectivity index (χ2v) is 4.05. The van der Waals surface area contributed by atoms with Crippen molar-refractivity contribution in [3.63, 3.8) is 0 Å². The van der Waals surface area contributed by atoms with Gasteiger partial charge in [-0.3, -0.25) is 9.59 Å².